The van der Waals surface area contributed by atoms with E-state index < -0.39 is 29.9 Å². The number of halogens is 1. The van der Waals surface area contributed by atoms with Crippen molar-refractivity contribution in [3.8, 4) is 0 Å². The van der Waals surface area contributed by atoms with Gasteiger partial charge in [-0.15, -0.1) is 0 Å². The zero-order valence-corrected chi connectivity index (χ0v) is 11.7. The number of nitrogens with two attached hydrogens (primary N) is 1. The highest BCUT2D eigenvalue weighted by molar-refractivity contribution is 9.10. The Balaban J connectivity index is 2.35. The number of carbonyl (C=O) groups excluding carboxylic acids is 3. The number of nitrogens with one attached hydrogen (secondary N) is 1. The lowest BCUT2D eigenvalue weighted by Gasteiger charge is -2.22. The first-order valence-electron chi connectivity index (χ1n) is 5.53. The highest BCUT2D eigenvalue weighted by Crippen LogP contribution is 2.29. The molecule has 0 radical (unpaired) electrons. The van der Waals surface area contributed by atoms with E-state index in [4.69, 9.17) is 5.73 Å². The van der Waals surface area contributed by atoms with Gasteiger partial charge in [0.25, 0.3) is 5.91 Å². The predicted octanol–water partition coefficient (Wildman–Crippen LogP) is 0.701. The van der Waals surface area contributed by atoms with Crippen molar-refractivity contribution >= 4 is 33.8 Å². The number of urea groups is 1. The number of rotatable bonds is 3. The highest BCUT2D eigenvalue weighted by Gasteiger charge is 2.49. The molecule has 0 unspecified atom stereocenters. The van der Waals surface area contributed by atoms with Crippen LogP contribution in [-0.4, -0.2) is 29.3 Å². The monoisotopic (exact) mass is 325 g/mol. The molecule has 4 amide bonds. The van der Waals surface area contributed by atoms with Crippen LogP contribution in [0.2, 0.25) is 0 Å². The Bertz CT molecular complexity index is 558. The molecular weight excluding hydrogens is 314 g/mol. The Morgan fingerprint density at radius 1 is 1.37 bits per heavy atom. The third-order valence-corrected chi connectivity index (χ3v) is 3.54. The van der Waals surface area contributed by atoms with E-state index in [0.717, 1.165) is 9.37 Å². The van der Waals surface area contributed by atoms with Gasteiger partial charge >= 0.3 is 6.03 Å². The third kappa shape index (κ3) is 2.33. The van der Waals surface area contributed by atoms with Gasteiger partial charge in [0.05, 0.1) is 0 Å². The van der Waals surface area contributed by atoms with Crippen LogP contribution in [0.3, 0.4) is 0 Å². The topological polar surface area (TPSA) is 92.5 Å². The van der Waals surface area contributed by atoms with Gasteiger partial charge in [-0.1, -0.05) is 28.1 Å². The first kappa shape index (κ1) is 13.5. The SMILES string of the molecule is C[C@@]1(c2ccc(Br)cc2)NC(=O)N(CC(N)=O)C1=O. The van der Waals surface area contributed by atoms with E-state index in [0.29, 0.717) is 5.56 Å². The van der Waals surface area contributed by atoms with Crippen molar-refractivity contribution in [1.29, 1.82) is 0 Å². The van der Waals surface area contributed by atoms with Crippen LogP contribution in [-0.2, 0) is 15.1 Å². The molecule has 0 aromatic heterocycles. The normalized spacial score (nSPS) is 22.5. The van der Waals surface area contributed by atoms with Crippen molar-refractivity contribution in [2.24, 2.45) is 5.73 Å². The molecule has 1 fully saturated rings. The molecule has 3 N–H and O–H groups in total. The quantitative estimate of drug-likeness (QED) is 0.801. The first-order valence-corrected chi connectivity index (χ1v) is 6.32. The van der Waals surface area contributed by atoms with Crippen LogP contribution >= 0.6 is 15.9 Å². The summed E-state index contributed by atoms with van der Waals surface area (Å²) in [5.74, 6) is -1.22. The Kier molecular flexibility index (Phi) is 3.32. The second-order valence-electron chi connectivity index (χ2n) is 4.42. The molecule has 1 aliphatic rings. The third-order valence-electron chi connectivity index (χ3n) is 3.01. The van der Waals surface area contributed by atoms with Crippen LogP contribution < -0.4 is 11.1 Å². The smallest absolute Gasteiger partial charge is 0.325 e. The molecule has 19 heavy (non-hydrogen) atoms. The number of benzene rings is 1. The van der Waals surface area contributed by atoms with E-state index in [1.807, 2.05) is 0 Å². The standard InChI is InChI=1S/C12H12BrN3O3/c1-12(7-2-4-8(13)5-3-7)10(18)16(6-9(14)17)11(19)15-12/h2-5H,6H2,1H3,(H2,14,17)(H,15,19)/t12-/m0/s1. The van der Waals surface area contributed by atoms with Crippen molar-refractivity contribution in [3.63, 3.8) is 0 Å². The van der Waals surface area contributed by atoms with E-state index in [1.54, 1.807) is 31.2 Å². The largest absolute Gasteiger partial charge is 0.368 e. The molecule has 0 spiro atoms. The van der Waals surface area contributed by atoms with Crippen molar-refractivity contribution in [2.45, 2.75) is 12.5 Å². The molecular formula is C12H12BrN3O3. The highest BCUT2D eigenvalue weighted by atomic mass is 79.9. The van der Waals surface area contributed by atoms with E-state index in [1.165, 1.54) is 0 Å². The summed E-state index contributed by atoms with van der Waals surface area (Å²) in [6, 6.07) is 6.40. The van der Waals surface area contributed by atoms with Gasteiger partial charge in [-0.25, -0.2) is 4.79 Å². The van der Waals surface area contributed by atoms with Gasteiger partial charge in [-0.3, -0.25) is 14.5 Å². The fourth-order valence-corrected chi connectivity index (χ4v) is 2.24. The predicted molar refractivity (Wildman–Crippen MR) is 70.9 cm³/mol. The molecule has 1 heterocycles. The number of hydrogen-bond donors (Lipinski definition) is 2. The molecule has 1 saturated heterocycles. The molecule has 0 aliphatic carbocycles. The fraction of sp³-hybridized carbons (Fsp3) is 0.250. The average Bonchev–Trinajstić information content (AvgIpc) is 2.54. The van der Waals surface area contributed by atoms with Gasteiger partial charge in [0.15, 0.2) is 0 Å². The molecule has 0 saturated carbocycles. The number of imide groups is 1. The number of nitrogens with zero attached hydrogens (tertiary/aromatic N) is 1. The number of hydrogen-bond acceptors (Lipinski definition) is 3. The minimum Gasteiger partial charge on any atom is -0.368 e. The average molecular weight is 326 g/mol. The zero-order chi connectivity index (χ0) is 14.2. The van der Waals surface area contributed by atoms with Crippen LogP contribution in [0.1, 0.15) is 12.5 Å². The summed E-state index contributed by atoms with van der Waals surface area (Å²) in [6.07, 6.45) is 0. The van der Waals surface area contributed by atoms with Crippen LogP contribution in [0.25, 0.3) is 0 Å². The minimum absolute atomic E-state index is 0.420. The zero-order valence-electron chi connectivity index (χ0n) is 10.1. The van der Waals surface area contributed by atoms with Gasteiger partial charge in [0.2, 0.25) is 5.91 Å². The van der Waals surface area contributed by atoms with Crippen LogP contribution in [0.5, 0.6) is 0 Å². The van der Waals surface area contributed by atoms with Crippen molar-refractivity contribution in [3.05, 3.63) is 34.3 Å². The molecule has 2 rings (SSSR count). The Morgan fingerprint density at radius 3 is 2.47 bits per heavy atom. The maximum absolute atomic E-state index is 12.3. The Hall–Kier alpha value is -1.89. The summed E-state index contributed by atoms with van der Waals surface area (Å²) in [5, 5.41) is 2.59. The summed E-state index contributed by atoms with van der Waals surface area (Å²) in [6.45, 7) is 1.17. The van der Waals surface area contributed by atoms with E-state index in [-0.39, 0.29) is 0 Å². The molecule has 1 aromatic rings. The summed E-state index contributed by atoms with van der Waals surface area (Å²) in [4.78, 5) is 35.7. The van der Waals surface area contributed by atoms with Crippen molar-refractivity contribution in [2.75, 3.05) is 6.54 Å². The lowest BCUT2D eigenvalue weighted by atomic mass is 9.92. The molecule has 6 nitrogen and oxygen atoms in total. The summed E-state index contributed by atoms with van der Waals surface area (Å²) < 4.78 is 0.866. The Labute approximate surface area is 118 Å². The van der Waals surface area contributed by atoms with E-state index >= 15 is 0 Å². The summed E-state index contributed by atoms with van der Waals surface area (Å²) in [7, 11) is 0. The van der Waals surface area contributed by atoms with Crippen LogP contribution in [0, 0.1) is 0 Å². The van der Waals surface area contributed by atoms with Crippen LogP contribution in [0.4, 0.5) is 4.79 Å². The van der Waals surface area contributed by atoms with Crippen molar-refractivity contribution < 1.29 is 14.4 Å². The maximum atomic E-state index is 12.3. The fourth-order valence-electron chi connectivity index (χ4n) is 1.98. The maximum Gasteiger partial charge on any atom is 0.325 e. The molecule has 1 atom stereocenters. The van der Waals surface area contributed by atoms with Crippen LogP contribution in [0.15, 0.2) is 28.7 Å². The number of carbonyl (C=O) groups is 3. The molecule has 1 aromatic carbocycles. The second-order valence-corrected chi connectivity index (χ2v) is 5.34. The first-order chi connectivity index (χ1) is 8.84. The lowest BCUT2D eigenvalue weighted by molar-refractivity contribution is -0.134. The lowest BCUT2D eigenvalue weighted by Crippen LogP contribution is -2.42. The minimum atomic E-state index is -1.17. The Morgan fingerprint density at radius 2 is 1.95 bits per heavy atom. The second kappa shape index (κ2) is 4.65. The van der Waals surface area contributed by atoms with Crippen molar-refractivity contribution in [1.82, 2.24) is 10.2 Å². The van der Waals surface area contributed by atoms with Gasteiger partial charge in [0.1, 0.15) is 12.1 Å². The molecule has 0 bridgehead atoms. The van der Waals surface area contributed by atoms with Gasteiger partial charge in [-0.2, -0.15) is 0 Å². The van der Waals surface area contributed by atoms with E-state index in [9.17, 15) is 14.4 Å². The van der Waals surface area contributed by atoms with Gasteiger partial charge in [-0.05, 0) is 24.6 Å². The molecule has 1 aliphatic heterocycles. The number of primary amides is 1. The number of amides is 4. The van der Waals surface area contributed by atoms with Gasteiger partial charge in [0, 0.05) is 4.47 Å². The van der Waals surface area contributed by atoms with E-state index in [2.05, 4.69) is 21.2 Å². The summed E-state index contributed by atoms with van der Waals surface area (Å²) >= 11 is 3.30. The van der Waals surface area contributed by atoms with Gasteiger partial charge < -0.3 is 11.1 Å². The molecule has 7 heteroatoms. The molecule has 100 valence electrons. The summed E-state index contributed by atoms with van der Waals surface area (Å²) in [5.41, 5.74) is 4.49.